The maximum Gasteiger partial charge on any atom is 0.328 e. The smallest absolute Gasteiger partial charge is 0.328 e. The van der Waals surface area contributed by atoms with Gasteiger partial charge in [-0.3, -0.25) is 9.78 Å². The lowest BCUT2D eigenvalue weighted by molar-refractivity contribution is 0.200. The Balaban J connectivity index is 1.54. The number of H-pyrrole nitrogens is 1. The average Bonchev–Trinajstić information content (AvgIpc) is 3.06. The van der Waals surface area contributed by atoms with E-state index in [0.29, 0.717) is 12.3 Å². The fourth-order valence-corrected chi connectivity index (χ4v) is 3.51. The summed E-state index contributed by atoms with van der Waals surface area (Å²) in [6.45, 7) is 0. The van der Waals surface area contributed by atoms with Gasteiger partial charge in [-0.1, -0.05) is 17.3 Å². The number of thioether (sulfide) groups is 1. The second kappa shape index (κ2) is 6.25. The van der Waals surface area contributed by atoms with Crippen molar-refractivity contribution in [2.45, 2.75) is 17.4 Å². The molecule has 0 fully saturated rings. The molecule has 0 aliphatic carbocycles. The Hall–Kier alpha value is -2.81. The fourth-order valence-electron chi connectivity index (χ4n) is 2.53. The Morgan fingerprint density at radius 2 is 2.20 bits per heavy atom. The summed E-state index contributed by atoms with van der Waals surface area (Å²) in [7, 11) is 1.54. The molecule has 9 heteroatoms. The summed E-state index contributed by atoms with van der Waals surface area (Å²) in [5, 5.41) is 3.84. The van der Waals surface area contributed by atoms with Gasteiger partial charge in [-0.05, 0) is 12.1 Å². The molecule has 4 rings (SSSR count). The number of nitrogens with zero attached hydrogens (tertiary/aromatic N) is 3. The van der Waals surface area contributed by atoms with Gasteiger partial charge >= 0.3 is 5.69 Å². The number of para-hydroxylation sites is 1. The van der Waals surface area contributed by atoms with Crippen molar-refractivity contribution in [2.75, 3.05) is 5.75 Å². The molecule has 1 aromatic carbocycles. The number of aromatic nitrogens is 4. The molecular weight excluding hydrogens is 344 g/mol. The predicted molar refractivity (Wildman–Crippen MR) is 90.9 cm³/mol. The van der Waals surface area contributed by atoms with Crippen LogP contribution in [-0.2, 0) is 13.5 Å². The number of ether oxygens (including phenoxy) is 1. The lowest BCUT2D eigenvalue weighted by Crippen LogP contribution is -2.28. The third kappa shape index (κ3) is 3.10. The highest BCUT2D eigenvalue weighted by Crippen LogP contribution is 2.35. The summed E-state index contributed by atoms with van der Waals surface area (Å²) >= 11 is 1.72. The summed E-state index contributed by atoms with van der Waals surface area (Å²) < 4.78 is 12.4. The van der Waals surface area contributed by atoms with Crippen molar-refractivity contribution in [1.82, 2.24) is 19.7 Å². The highest BCUT2D eigenvalue weighted by Gasteiger charge is 2.23. The number of fused-ring (bicyclic) bond motifs is 1. The van der Waals surface area contributed by atoms with Gasteiger partial charge in [0.2, 0.25) is 11.7 Å². The van der Waals surface area contributed by atoms with Crippen LogP contribution in [-0.4, -0.2) is 31.5 Å². The molecule has 8 nitrogen and oxygen atoms in total. The van der Waals surface area contributed by atoms with E-state index >= 15 is 0 Å². The minimum Gasteiger partial charge on any atom is -0.488 e. The van der Waals surface area contributed by atoms with Gasteiger partial charge in [0.15, 0.2) is 0 Å². The molecule has 0 radical (unpaired) electrons. The first kappa shape index (κ1) is 15.7. The fraction of sp³-hybridized carbons (Fsp3) is 0.250. The van der Waals surface area contributed by atoms with Crippen LogP contribution in [0, 0.1) is 0 Å². The van der Waals surface area contributed by atoms with Gasteiger partial charge in [0, 0.05) is 23.9 Å². The topological polar surface area (TPSA) is 103 Å². The van der Waals surface area contributed by atoms with Crippen LogP contribution in [0.25, 0.3) is 11.4 Å². The number of hydrogen-bond donors (Lipinski definition) is 1. The molecule has 1 atom stereocenters. The summed E-state index contributed by atoms with van der Waals surface area (Å²) in [4.78, 5) is 30.9. The standard InChI is InChI=1S/C16H14N4O4S/c1-20-7-10(15(21)18-16(20)22)14-17-13(24-19-14)6-9-8-25-12-5-3-2-4-11(12)23-9/h2-5,7,9H,6,8H2,1H3,(H,18,21,22). The van der Waals surface area contributed by atoms with Crippen molar-refractivity contribution < 1.29 is 9.26 Å². The van der Waals surface area contributed by atoms with Gasteiger partial charge in [-0.15, -0.1) is 11.8 Å². The van der Waals surface area contributed by atoms with E-state index in [0.717, 1.165) is 16.4 Å². The first-order valence-corrected chi connectivity index (χ1v) is 8.60. The second-order valence-corrected chi connectivity index (χ2v) is 6.69. The molecule has 0 spiro atoms. The zero-order valence-electron chi connectivity index (χ0n) is 13.3. The molecule has 0 saturated carbocycles. The van der Waals surface area contributed by atoms with Crippen molar-refractivity contribution in [1.29, 1.82) is 0 Å². The molecule has 1 aliphatic rings. The van der Waals surface area contributed by atoms with Gasteiger partial charge in [-0.25, -0.2) is 4.79 Å². The summed E-state index contributed by atoms with van der Waals surface area (Å²) in [5.74, 6) is 2.15. The summed E-state index contributed by atoms with van der Waals surface area (Å²) in [6, 6.07) is 7.85. The molecule has 1 N–H and O–H groups in total. The minimum absolute atomic E-state index is 0.0911. The van der Waals surface area contributed by atoms with Crippen LogP contribution >= 0.6 is 11.8 Å². The Morgan fingerprint density at radius 1 is 1.36 bits per heavy atom. The Kier molecular flexibility index (Phi) is 3.92. The monoisotopic (exact) mass is 358 g/mol. The predicted octanol–water partition coefficient (Wildman–Crippen LogP) is 1.22. The quantitative estimate of drug-likeness (QED) is 0.751. The molecule has 0 saturated heterocycles. The Labute approximate surface area is 145 Å². The van der Waals surface area contributed by atoms with Crippen molar-refractivity contribution >= 4 is 11.8 Å². The highest BCUT2D eigenvalue weighted by molar-refractivity contribution is 7.99. The van der Waals surface area contributed by atoms with Crippen LogP contribution in [0.5, 0.6) is 5.75 Å². The van der Waals surface area contributed by atoms with Crippen LogP contribution in [0.1, 0.15) is 5.89 Å². The van der Waals surface area contributed by atoms with Crippen LogP contribution in [0.4, 0.5) is 0 Å². The maximum absolute atomic E-state index is 11.9. The summed E-state index contributed by atoms with van der Waals surface area (Å²) in [6.07, 6.45) is 1.74. The Morgan fingerprint density at radius 3 is 3.08 bits per heavy atom. The molecule has 3 heterocycles. The lowest BCUT2D eigenvalue weighted by atomic mass is 10.2. The molecule has 25 heavy (non-hydrogen) atoms. The summed E-state index contributed by atoms with van der Waals surface area (Å²) in [5.41, 5.74) is -0.862. The third-order valence-corrected chi connectivity index (χ3v) is 4.97. The van der Waals surface area contributed by atoms with E-state index < -0.39 is 11.2 Å². The van der Waals surface area contributed by atoms with Gasteiger partial charge in [0.25, 0.3) is 5.56 Å². The van der Waals surface area contributed by atoms with E-state index in [9.17, 15) is 9.59 Å². The van der Waals surface area contributed by atoms with Crippen LogP contribution in [0.15, 0.2) is 49.5 Å². The molecule has 1 unspecified atom stereocenters. The number of hydrogen-bond acceptors (Lipinski definition) is 7. The van der Waals surface area contributed by atoms with Gasteiger partial charge in [-0.2, -0.15) is 4.98 Å². The number of benzene rings is 1. The molecule has 3 aromatic rings. The molecule has 0 bridgehead atoms. The second-order valence-electron chi connectivity index (χ2n) is 5.63. The Bertz CT molecular complexity index is 1040. The van der Waals surface area contributed by atoms with E-state index in [2.05, 4.69) is 15.1 Å². The van der Waals surface area contributed by atoms with Crippen molar-refractivity contribution in [3.05, 3.63) is 57.2 Å². The van der Waals surface area contributed by atoms with Crippen LogP contribution in [0.3, 0.4) is 0 Å². The van der Waals surface area contributed by atoms with Gasteiger partial charge in [0.05, 0.1) is 6.42 Å². The molecule has 2 aromatic heterocycles. The van der Waals surface area contributed by atoms with E-state index in [1.54, 1.807) is 11.8 Å². The van der Waals surface area contributed by atoms with Crippen molar-refractivity contribution in [3.8, 4) is 17.1 Å². The number of rotatable bonds is 3. The molecule has 128 valence electrons. The average molecular weight is 358 g/mol. The lowest BCUT2D eigenvalue weighted by Gasteiger charge is -2.24. The molecular formula is C16H14N4O4S. The van der Waals surface area contributed by atoms with E-state index in [1.807, 2.05) is 24.3 Å². The minimum atomic E-state index is -0.547. The van der Waals surface area contributed by atoms with Gasteiger partial charge in [0.1, 0.15) is 17.4 Å². The SMILES string of the molecule is Cn1cc(-c2noc(CC3CSc4ccccc4O3)n2)c(=O)[nH]c1=O. The van der Waals surface area contributed by atoms with Crippen molar-refractivity contribution in [2.24, 2.45) is 7.05 Å². The zero-order valence-corrected chi connectivity index (χ0v) is 14.1. The third-order valence-electron chi connectivity index (χ3n) is 3.79. The number of aryl methyl sites for hydroxylation is 1. The van der Waals surface area contributed by atoms with E-state index in [1.165, 1.54) is 17.8 Å². The normalized spacial score (nSPS) is 16.3. The number of aromatic amines is 1. The maximum atomic E-state index is 11.9. The van der Waals surface area contributed by atoms with E-state index in [4.69, 9.17) is 9.26 Å². The highest BCUT2D eigenvalue weighted by atomic mass is 32.2. The first-order chi connectivity index (χ1) is 12.1. The van der Waals surface area contributed by atoms with Crippen molar-refractivity contribution in [3.63, 3.8) is 0 Å². The first-order valence-electron chi connectivity index (χ1n) is 7.61. The largest absolute Gasteiger partial charge is 0.488 e. The van der Waals surface area contributed by atoms with Gasteiger partial charge < -0.3 is 13.8 Å². The number of nitrogens with one attached hydrogen (secondary N) is 1. The molecule has 0 amide bonds. The zero-order chi connectivity index (χ0) is 17.4. The molecule has 1 aliphatic heterocycles. The van der Waals surface area contributed by atoms with Crippen LogP contribution in [0.2, 0.25) is 0 Å². The van der Waals surface area contributed by atoms with Crippen LogP contribution < -0.4 is 16.0 Å². The van der Waals surface area contributed by atoms with E-state index in [-0.39, 0.29) is 17.5 Å².